The Morgan fingerprint density at radius 2 is 1.88 bits per heavy atom. The van der Waals surface area contributed by atoms with Crippen molar-refractivity contribution in [3.8, 4) is 0 Å². The lowest BCUT2D eigenvalue weighted by molar-refractivity contribution is -0.138. The molecule has 0 radical (unpaired) electrons. The summed E-state index contributed by atoms with van der Waals surface area (Å²) < 4.78 is 0. The van der Waals surface area contributed by atoms with Gasteiger partial charge in [-0.15, -0.1) is 0 Å². The van der Waals surface area contributed by atoms with Crippen LogP contribution in [0.5, 0.6) is 0 Å². The van der Waals surface area contributed by atoms with Crippen LogP contribution in [0.15, 0.2) is 0 Å². The van der Waals surface area contributed by atoms with Crippen LogP contribution in [0.4, 0.5) is 4.79 Å². The van der Waals surface area contributed by atoms with Gasteiger partial charge >= 0.3 is 12.0 Å². The largest absolute Gasteiger partial charge is 0.480 e. The van der Waals surface area contributed by atoms with Gasteiger partial charge in [-0.05, 0) is 19.9 Å². The Morgan fingerprint density at radius 1 is 1.29 bits per heavy atom. The van der Waals surface area contributed by atoms with Crippen LogP contribution in [-0.4, -0.2) is 65.7 Å². The van der Waals surface area contributed by atoms with Crippen molar-refractivity contribution in [3.05, 3.63) is 0 Å². The van der Waals surface area contributed by atoms with Crippen molar-refractivity contribution in [1.82, 2.24) is 15.1 Å². The van der Waals surface area contributed by atoms with Gasteiger partial charge in [0, 0.05) is 26.2 Å². The van der Waals surface area contributed by atoms with Gasteiger partial charge < -0.3 is 15.3 Å². The van der Waals surface area contributed by atoms with Crippen LogP contribution in [-0.2, 0) is 4.79 Å². The van der Waals surface area contributed by atoms with Crippen molar-refractivity contribution < 1.29 is 14.7 Å². The molecule has 0 aromatic carbocycles. The van der Waals surface area contributed by atoms with Gasteiger partial charge in [0.15, 0.2) is 0 Å². The first kappa shape index (κ1) is 13.8. The van der Waals surface area contributed by atoms with Gasteiger partial charge in [-0.2, -0.15) is 0 Å². The molecule has 0 saturated carbocycles. The van der Waals surface area contributed by atoms with Crippen LogP contribution in [0.2, 0.25) is 0 Å². The zero-order valence-corrected chi connectivity index (χ0v) is 10.5. The molecule has 1 saturated heterocycles. The first-order chi connectivity index (χ1) is 8.04. The van der Waals surface area contributed by atoms with E-state index in [1.165, 1.54) is 6.92 Å². The standard InChI is InChI=1S/C11H21N3O3/c1-3-4-13-5-7-14(8-6-13)11(17)12-9(2)10(15)16/h9H,3-8H2,1-2H3,(H,12,17)(H,15,16). The summed E-state index contributed by atoms with van der Waals surface area (Å²) in [7, 11) is 0. The van der Waals surface area contributed by atoms with Gasteiger partial charge in [0.1, 0.15) is 6.04 Å². The van der Waals surface area contributed by atoms with E-state index in [9.17, 15) is 9.59 Å². The van der Waals surface area contributed by atoms with Gasteiger partial charge in [0.25, 0.3) is 0 Å². The van der Waals surface area contributed by atoms with Crippen LogP contribution in [0.25, 0.3) is 0 Å². The fourth-order valence-electron chi connectivity index (χ4n) is 1.83. The molecule has 0 bridgehead atoms. The van der Waals surface area contributed by atoms with Crippen LogP contribution < -0.4 is 5.32 Å². The molecule has 1 rings (SSSR count). The number of hydrogen-bond acceptors (Lipinski definition) is 3. The van der Waals surface area contributed by atoms with Gasteiger partial charge in [-0.3, -0.25) is 9.69 Å². The van der Waals surface area contributed by atoms with Crippen molar-refractivity contribution >= 4 is 12.0 Å². The highest BCUT2D eigenvalue weighted by Crippen LogP contribution is 2.03. The lowest BCUT2D eigenvalue weighted by atomic mass is 10.3. The summed E-state index contributed by atoms with van der Waals surface area (Å²) in [4.78, 5) is 26.3. The average Bonchev–Trinajstić information content (AvgIpc) is 2.30. The third-order valence-corrected chi connectivity index (χ3v) is 2.91. The second-order valence-electron chi connectivity index (χ2n) is 4.34. The first-order valence-electron chi connectivity index (χ1n) is 6.05. The molecule has 6 heteroatoms. The molecule has 0 aliphatic carbocycles. The molecule has 0 aromatic rings. The number of rotatable bonds is 4. The number of carbonyl (C=O) groups is 2. The Kier molecular flexibility index (Phi) is 5.21. The van der Waals surface area contributed by atoms with E-state index in [4.69, 9.17) is 5.11 Å². The van der Waals surface area contributed by atoms with E-state index in [-0.39, 0.29) is 6.03 Å². The third-order valence-electron chi connectivity index (χ3n) is 2.91. The highest BCUT2D eigenvalue weighted by Gasteiger charge is 2.23. The topological polar surface area (TPSA) is 72.9 Å². The van der Waals surface area contributed by atoms with E-state index in [0.29, 0.717) is 13.1 Å². The van der Waals surface area contributed by atoms with E-state index >= 15 is 0 Å². The molecule has 0 spiro atoms. The molecule has 2 amide bonds. The van der Waals surface area contributed by atoms with Gasteiger partial charge in [0.05, 0.1) is 0 Å². The number of carboxylic acids is 1. The molecule has 17 heavy (non-hydrogen) atoms. The summed E-state index contributed by atoms with van der Waals surface area (Å²) in [6, 6.07) is -1.12. The quantitative estimate of drug-likeness (QED) is 0.739. The molecule has 1 fully saturated rings. The highest BCUT2D eigenvalue weighted by atomic mass is 16.4. The summed E-state index contributed by atoms with van der Waals surface area (Å²) in [5.74, 6) is -1.01. The molecule has 1 aliphatic heterocycles. The molecule has 1 aliphatic rings. The number of aliphatic carboxylic acids is 1. The van der Waals surface area contributed by atoms with Crippen molar-refractivity contribution in [2.75, 3.05) is 32.7 Å². The minimum absolute atomic E-state index is 0.281. The first-order valence-corrected chi connectivity index (χ1v) is 6.05. The molecular formula is C11H21N3O3. The van der Waals surface area contributed by atoms with E-state index in [0.717, 1.165) is 26.1 Å². The lowest BCUT2D eigenvalue weighted by Crippen LogP contribution is -2.54. The van der Waals surface area contributed by atoms with Gasteiger partial charge in [0.2, 0.25) is 0 Å². The van der Waals surface area contributed by atoms with Crippen molar-refractivity contribution in [2.45, 2.75) is 26.3 Å². The van der Waals surface area contributed by atoms with Crippen LogP contribution in [0.3, 0.4) is 0 Å². The molecule has 1 heterocycles. The minimum Gasteiger partial charge on any atom is -0.480 e. The highest BCUT2D eigenvalue weighted by molar-refractivity contribution is 5.82. The summed E-state index contributed by atoms with van der Waals surface area (Å²) in [6.45, 7) is 7.71. The number of nitrogens with one attached hydrogen (secondary N) is 1. The van der Waals surface area contributed by atoms with Crippen molar-refractivity contribution in [3.63, 3.8) is 0 Å². The van der Waals surface area contributed by atoms with E-state index < -0.39 is 12.0 Å². The predicted molar refractivity (Wildman–Crippen MR) is 63.9 cm³/mol. The Morgan fingerprint density at radius 3 is 2.35 bits per heavy atom. The van der Waals surface area contributed by atoms with E-state index in [1.807, 2.05) is 0 Å². The molecule has 0 aromatic heterocycles. The zero-order valence-electron chi connectivity index (χ0n) is 10.5. The van der Waals surface area contributed by atoms with Crippen molar-refractivity contribution in [2.24, 2.45) is 0 Å². The second kappa shape index (κ2) is 6.44. The molecular weight excluding hydrogens is 222 g/mol. The van der Waals surface area contributed by atoms with Gasteiger partial charge in [-0.25, -0.2) is 4.79 Å². The molecule has 6 nitrogen and oxygen atoms in total. The Labute approximate surface area is 102 Å². The maximum atomic E-state index is 11.7. The van der Waals surface area contributed by atoms with E-state index in [2.05, 4.69) is 17.1 Å². The number of hydrogen-bond donors (Lipinski definition) is 2. The minimum atomic E-state index is -1.01. The SMILES string of the molecule is CCCN1CCN(C(=O)NC(C)C(=O)O)CC1. The fraction of sp³-hybridized carbons (Fsp3) is 0.818. The number of nitrogens with zero attached hydrogens (tertiary/aromatic N) is 2. The molecule has 1 atom stereocenters. The fourth-order valence-corrected chi connectivity index (χ4v) is 1.83. The zero-order chi connectivity index (χ0) is 12.8. The summed E-state index contributed by atoms with van der Waals surface area (Å²) >= 11 is 0. The lowest BCUT2D eigenvalue weighted by Gasteiger charge is -2.34. The van der Waals surface area contributed by atoms with Gasteiger partial charge in [-0.1, -0.05) is 6.92 Å². The Bertz CT molecular complexity index is 275. The Balaban J connectivity index is 2.33. The normalized spacial score (nSPS) is 18.8. The number of urea groups is 1. The maximum Gasteiger partial charge on any atom is 0.325 e. The van der Waals surface area contributed by atoms with Crippen LogP contribution >= 0.6 is 0 Å². The Hall–Kier alpha value is -1.30. The van der Waals surface area contributed by atoms with Crippen LogP contribution in [0.1, 0.15) is 20.3 Å². The number of amides is 2. The average molecular weight is 243 g/mol. The van der Waals surface area contributed by atoms with E-state index in [1.54, 1.807) is 4.90 Å². The number of carboxylic acid groups (broad SMARTS) is 1. The molecule has 2 N–H and O–H groups in total. The summed E-state index contributed by atoms with van der Waals surface area (Å²) in [5.41, 5.74) is 0. The smallest absolute Gasteiger partial charge is 0.325 e. The monoisotopic (exact) mass is 243 g/mol. The maximum absolute atomic E-state index is 11.7. The van der Waals surface area contributed by atoms with Crippen LogP contribution in [0, 0.1) is 0 Å². The number of carbonyl (C=O) groups excluding carboxylic acids is 1. The molecule has 98 valence electrons. The third kappa shape index (κ3) is 4.22. The molecule has 1 unspecified atom stereocenters. The predicted octanol–water partition coefficient (Wildman–Crippen LogP) is 0.197. The number of piperazine rings is 1. The summed E-state index contributed by atoms with van der Waals surface area (Å²) in [5, 5.41) is 11.2. The van der Waals surface area contributed by atoms with Crippen molar-refractivity contribution in [1.29, 1.82) is 0 Å². The summed E-state index contributed by atoms with van der Waals surface area (Å²) in [6.07, 6.45) is 1.11. The second-order valence-corrected chi connectivity index (χ2v) is 4.34.